The van der Waals surface area contributed by atoms with Crippen molar-refractivity contribution in [2.24, 2.45) is 0 Å². The number of aromatic nitrogens is 2. The van der Waals surface area contributed by atoms with Crippen molar-refractivity contribution in [3.8, 4) is 0 Å². The van der Waals surface area contributed by atoms with E-state index >= 15 is 0 Å². The second-order valence-corrected chi connectivity index (χ2v) is 8.14. The van der Waals surface area contributed by atoms with Crippen molar-refractivity contribution in [3.05, 3.63) is 92.5 Å². The number of nitro benzene ring substituents is 1. The number of hydrogen-bond donors (Lipinski definition) is 1. The number of fused-ring (bicyclic) bond motifs is 1. The minimum atomic E-state index is -0.439. The van der Waals surface area contributed by atoms with Crippen LogP contribution >= 0.6 is 11.3 Å². The van der Waals surface area contributed by atoms with Gasteiger partial charge in [0.2, 0.25) is 0 Å². The van der Waals surface area contributed by atoms with E-state index in [1.807, 2.05) is 54.9 Å². The number of amides is 1. The number of nitrogens with zero attached hydrogens (tertiary/aromatic N) is 3. The Morgan fingerprint density at radius 2 is 1.97 bits per heavy atom. The molecule has 152 valence electrons. The third-order valence-corrected chi connectivity index (χ3v) is 6.08. The molecule has 1 unspecified atom stereocenters. The Hall–Kier alpha value is -3.52. The zero-order valence-corrected chi connectivity index (χ0v) is 17.3. The average molecular weight is 420 g/mol. The Morgan fingerprint density at radius 1 is 1.20 bits per heavy atom. The smallest absolute Gasteiger partial charge is 0.269 e. The third-order valence-electron chi connectivity index (χ3n) is 4.93. The van der Waals surface area contributed by atoms with Crippen LogP contribution in [-0.4, -0.2) is 20.6 Å². The van der Waals surface area contributed by atoms with E-state index in [-0.39, 0.29) is 17.6 Å². The lowest BCUT2D eigenvalue weighted by Crippen LogP contribution is -2.25. The molecule has 0 aliphatic carbocycles. The summed E-state index contributed by atoms with van der Waals surface area (Å²) < 4.78 is 1.92. The van der Waals surface area contributed by atoms with Crippen LogP contribution in [0.15, 0.2) is 60.7 Å². The van der Waals surface area contributed by atoms with Crippen molar-refractivity contribution in [3.63, 3.8) is 0 Å². The second kappa shape index (κ2) is 8.08. The predicted molar refractivity (Wildman–Crippen MR) is 117 cm³/mol. The van der Waals surface area contributed by atoms with E-state index in [0.717, 1.165) is 21.5 Å². The molecule has 1 atom stereocenters. The summed E-state index contributed by atoms with van der Waals surface area (Å²) >= 11 is 1.40. The number of nitrogens with one attached hydrogen (secondary N) is 1. The Labute approximate surface area is 177 Å². The van der Waals surface area contributed by atoms with Crippen molar-refractivity contribution in [1.82, 2.24) is 15.1 Å². The molecule has 30 heavy (non-hydrogen) atoms. The molecular weight excluding hydrogens is 400 g/mol. The molecule has 7 nitrogen and oxygen atoms in total. The lowest BCUT2D eigenvalue weighted by atomic mass is 10.1. The van der Waals surface area contributed by atoms with E-state index in [1.54, 1.807) is 12.1 Å². The van der Waals surface area contributed by atoms with E-state index in [9.17, 15) is 14.9 Å². The maximum atomic E-state index is 12.8. The number of carbonyl (C=O) groups excluding carboxylic acids is 1. The minimum Gasteiger partial charge on any atom is -0.345 e. The number of thiophene rings is 1. The summed E-state index contributed by atoms with van der Waals surface area (Å²) in [4.78, 5) is 24.9. The first-order valence-corrected chi connectivity index (χ1v) is 10.3. The van der Waals surface area contributed by atoms with Gasteiger partial charge in [-0.25, -0.2) is 0 Å². The van der Waals surface area contributed by atoms with Crippen molar-refractivity contribution >= 4 is 33.1 Å². The van der Waals surface area contributed by atoms with Crippen LogP contribution in [0.4, 0.5) is 5.69 Å². The fourth-order valence-electron chi connectivity index (χ4n) is 3.35. The van der Waals surface area contributed by atoms with Gasteiger partial charge in [0.1, 0.15) is 4.83 Å². The molecule has 0 bridgehead atoms. The normalized spacial score (nSPS) is 12.1. The van der Waals surface area contributed by atoms with Crippen molar-refractivity contribution in [1.29, 1.82) is 0 Å². The van der Waals surface area contributed by atoms with Gasteiger partial charge in [-0.2, -0.15) is 5.10 Å². The molecule has 4 aromatic rings. The van der Waals surface area contributed by atoms with Gasteiger partial charge in [0.25, 0.3) is 11.6 Å². The highest BCUT2D eigenvalue weighted by Crippen LogP contribution is 2.29. The molecule has 2 heterocycles. The Morgan fingerprint density at radius 3 is 2.70 bits per heavy atom. The number of hydrogen-bond acceptors (Lipinski definition) is 5. The lowest BCUT2D eigenvalue weighted by Gasteiger charge is -2.13. The average Bonchev–Trinajstić information content (AvgIpc) is 3.30. The molecule has 2 aromatic heterocycles. The summed E-state index contributed by atoms with van der Waals surface area (Å²) in [6.07, 6.45) is 0. The number of carbonyl (C=O) groups is 1. The van der Waals surface area contributed by atoms with E-state index in [0.29, 0.717) is 17.0 Å². The fraction of sp³-hybridized carbons (Fsp3) is 0.182. The van der Waals surface area contributed by atoms with Gasteiger partial charge >= 0.3 is 0 Å². The van der Waals surface area contributed by atoms with Gasteiger partial charge in [-0.1, -0.05) is 42.5 Å². The maximum absolute atomic E-state index is 12.8. The molecule has 0 aliphatic rings. The number of rotatable bonds is 6. The predicted octanol–water partition coefficient (Wildman–Crippen LogP) is 4.85. The van der Waals surface area contributed by atoms with Crippen LogP contribution in [0.3, 0.4) is 0 Å². The van der Waals surface area contributed by atoms with Crippen LogP contribution in [0.5, 0.6) is 0 Å². The zero-order valence-electron chi connectivity index (χ0n) is 16.5. The highest BCUT2D eigenvalue weighted by molar-refractivity contribution is 7.20. The van der Waals surface area contributed by atoms with Crippen LogP contribution in [0.25, 0.3) is 10.2 Å². The third kappa shape index (κ3) is 3.95. The largest absolute Gasteiger partial charge is 0.345 e. The van der Waals surface area contributed by atoms with Gasteiger partial charge in [0, 0.05) is 17.5 Å². The Bertz CT molecular complexity index is 1230. The van der Waals surface area contributed by atoms with Crippen LogP contribution in [0.2, 0.25) is 0 Å². The monoisotopic (exact) mass is 420 g/mol. The SMILES string of the molecule is Cc1nn(Cc2ccccc2)c2sc(C(=O)NC(C)c3cccc([N+](=O)[O-])c3)cc12. The summed E-state index contributed by atoms with van der Waals surface area (Å²) in [7, 11) is 0. The van der Waals surface area contributed by atoms with Crippen molar-refractivity contribution in [2.45, 2.75) is 26.4 Å². The topological polar surface area (TPSA) is 90.1 Å². The Balaban J connectivity index is 1.56. The van der Waals surface area contributed by atoms with Crippen LogP contribution < -0.4 is 5.32 Å². The van der Waals surface area contributed by atoms with Crippen molar-refractivity contribution < 1.29 is 9.72 Å². The first kappa shape index (κ1) is 19.8. The first-order valence-electron chi connectivity index (χ1n) is 9.48. The summed E-state index contributed by atoms with van der Waals surface area (Å²) in [5, 5.41) is 19.5. The van der Waals surface area contributed by atoms with Crippen LogP contribution in [0, 0.1) is 17.0 Å². The summed E-state index contributed by atoms with van der Waals surface area (Å²) in [6.45, 7) is 4.38. The highest BCUT2D eigenvalue weighted by atomic mass is 32.1. The summed E-state index contributed by atoms with van der Waals surface area (Å²) in [6, 6.07) is 17.9. The second-order valence-electron chi connectivity index (χ2n) is 7.11. The first-order chi connectivity index (χ1) is 14.4. The standard InChI is InChI=1S/C22H20N4O3S/c1-14(17-9-6-10-18(11-17)26(28)29)23-21(27)20-12-19-15(2)24-25(22(19)30-20)13-16-7-4-3-5-8-16/h3-12,14H,13H2,1-2H3,(H,23,27). The molecule has 2 aromatic carbocycles. The molecule has 0 spiro atoms. The lowest BCUT2D eigenvalue weighted by molar-refractivity contribution is -0.384. The molecule has 0 fully saturated rings. The number of benzene rings is 2. The Kier molecular flexibility index (Phi) is 5.33. The van der Waals surface area contributed by atoms with Crippen LogP contribution in [0.1, 0.15) is 39.5 Å². The van der Waals surface area contributed by atoms with Crippen molar-refractivity contribution in [2.75, 3.05) is 0 Å². The maximum Gasteiger partial charge on any atom is 0.269 e. The van der Waals surface area contributed by atoms with Gasteiger partial charge in [-0.3, -0.25) is 19.6 Å². The number of aryl methyl sites for hydroxylation is 1. The van der Waals surface area contributed by atoms with Gasteiger partial charge in [0.05, 0.1) is 28.1 Å². The molecule has 1 amide bonds. The molecule has 4 rings (SSSR count). The molecule has 0 aliphatic heterocycles. The zero-order chi connectivity index (χ0) is 21.3. The van der Waals surface area contributed by atoms with E-state index in [1.165, 1.54) is 23.5 Å². The molecule has 0 saturated heterocycles. The molecule has 1 N–H and O–H groups in total. The van der Waals surface area contributed by atoms with Gasteiger partial charge in [-0.15, -0.1) is 11.3 Å². The minimum absolute atomic E-state index is 0.00656. The highest BCUT2D eigenvalue weighted by Gasteiger charge is 2.19. The van der Waals surface area contributed by atoms with Gasteiger partial charge < -0.3 is 5.32 Å². The molecule has 8 heteroatoms. The van der Waals surface area contributed by atoms with Gasteiger partial charge in [-0.05, 0) is 31.0 Å². The molecule has 0 saturated carbocycles. The van der Waals surface area contributed by atoms with E-state index in [2.05, 4.69) is 10.4 Å². The molecule has 0 radical (unpaired) electrons. The summed E-state index contributed by atoms with van der Waals surface area (Å²) in [5.41, 5.74) is 2.71. The van der Waals surface area contributed by atoms with E-state index in [4.69, 9.17) is 0 Å². The number of nitro groups is 1. The van der Waals surface area contributed by atoms with Crippen LogP contribution in [-0.2, 0) is 6.54 Å². The summed E-state index contributed by atoms with van der Waals surface area (Å²) in [5.74, 6) is -0.208. The van der Waals surface area contributed by atoms with E-state index < -0.39 is 4.92 Å². The molecular formula is C22H20N4O3S. The van der Waals surface area contributed by atoms with Gasteiger partial charge in [0.15, 0.2) is 0 Å². The fourth-order valence-corrected chi connectivity index (χ4v) is 4.41. The number of non-ortho nitro benzene ring substituents is 1. The quantitative estimate of drug-likeness (QED) is 0.356.